The number of hydrogen-bond donors (Lipinski definition) is 2. The summed E-state index contributed by atoms with van der Waals surface area (Å²) in [7, 11) is -1.46. The van der Waals surface area contributed by atoms with Gasteiger partial charge >= 0.3 is 0 Å². The first-order valence-electron chi connectivity index (χ1n) is 10.1. The van der Waals surface area contributed by atoms with Crippen LogP contribution >= 0.6 is 10.8 Å². The lowest BCUT2D eigenvalue weighted by molar-refractivity contribution is 0.0260. The Bertz CT molecular complexity index is 1180. The van der Waals surface area contributed by atoms with Crippen molar-refractivity contribution in [1.82, 2.24) is 8.87 Å². The van der Waals surface area contributed by atoms with E-state index in [9.17, 15) is 19.2 Å². The van der Waals surface area contributed by atoms with Crippen LogP contribution in [0.1, 0.15) is 27.2 Å². The van der Waals surface area contributed by atoms with Gasteiger partial charge in [0.2, 0.25) is 0 Å². The first kappa shape index (κ1) is 22.3. The van der Waals surface area contributed by atoms with E-state index in [2.05, 4.69) is 6.07 Å². The number of nitriles is 1. The molecule has 0 amide bonds. The monoisotopic (exact) mass is 455 g/mol. The Labute approximate surface area is 188 Å². The molecular weight excluding hydrogens is 430 g/mol. The maximum Gasteiger partial charge on any atom is 0.151 e. The summed E-state index contributed by atoms with van der Waals surface area (Å²) < 4.78 is 35.5. The zero-order chi connectivity index (χ0) is 22.9. The van der Waals surface area contributed by atoms with Crippen molar-refractivity contribution in [3.8, 4) is 11.8 Å². The molecule has 0 aliphatic carbocycles. The number of ether oxygens (including phenoxy) is 2. The SMILES string of the molecule is COc1ccc(CN2CC(Cn3c(C#N)cc4c(C)c(C=O)ccc43)OCS2(O)O)cc1. The van der Waals surface area contributed by atoms with Crippen LogP contribution < -0.4 is 4.74 Å². The Balaban J connectivity index is 1.58. The van der Waals surface area contributed by atoms with Crippen molar-refractivity contribution in [2.75, 3.05) is 19.6 Å². The van der Waals surface area contributed by atoms with E-state index in [4.69, 9.17) is 9.47 Å². The maximum atomic E-state index is 11.3. The Hall–Kier alpha value is -2.87. The average molecular weight is 456 g/mol. The van der Waals surface area contributed by atoms with Gasteiger partial charge in [0.1, 0.15) is 23.8 Å². The lowest BCUT2D eigenvalue weighted by Gasteiger charge is -2.48. The summed E-state index contributed by atoms with van der Waals surface area (Å²) in [4.78, 5) is 11.3. The van der Waals surface area contributed by atoms with Crippen molar-refractivity contribution in [3.05, 3.63) is 64.8 Å². The normalized spacial score (nSPS) is 19.4. The maximum absolute atomic E-state index is 11.3. The number of aromatic nitrogens is 1. The number of fused-ring (bicyclic) bond motifs is 1. The van der Waals surface area contributed by atoms with Gasteiger partial charge < -0.3 is 14.0 Å². The fourth-order valence-electron chi connectivity index (χ4n) is 3.99. The van der Waals surface area contributed by atoms with Crippen molar-refractivity contribution in [1.29, 1.82) is 5.26 Å². The number of methoxy groups -OCH3 is 1. The Kier molecular flexibility index (Phi) is 6.24. The molecule has 0 saturated carbocycles. The molecule has 1 aliphatic heterocycles. The van der Waals surface area contributed by atoms with E-state index in [1.54, 1.807) is 23.5 Å². The van der Waals surface area contributed by atoms with Crippen molar-refractivity contribution in [2.24, 2.45) is 0 Å². The van der Waals surface area contributed by atoms with Crippen LogP contribution in [-0.2, 0) is 17.8 Å². The van der Waals surface area contributed by atoms with E-state index in [0.717, 1.165) is 34.1 Å². The molecule has 1 aliphatic rings. The summed E-state index contributed by atoms with van der Waals surface area (Å²) in [6, 6.07) is 15.0. The lowest BCUT2D eigenvalue weighted by Crippen LogP contribution is -2.44. The van der Waals surface area contributed by atoms with Gasteiger partial charge in [0.15, 0.2) is 5.94 Å². The molecule has 1 fully saturated rings. The third-order valence-electron chi connectivity index (χ3n) is 5.82. The second kappa shape index (κ2) is 8.94. The number of rotatable bonds is 6. The summed E-state index contributed by atoms with van der Waals surface area (Å²) >= 11 is 0. The highest BCUT2D eigenvalue weighted by Gasteiger charge is 2.33. The van der Waals surface area contributed by atoms with Crippen molar-refractivity contribution >= 4 is 28.0 Å². The van der Waals surface area contributed by atoms with E-state index in [0.29, 0.717) is 30.9 Å². The summed E-state index contributed by atoms with van der Waals surface area (Å²) in [5, 5.41) is 10.5. The summed E-state index contributed by atoms with van der Waals surface area (Å²) in [5.74, 6) is 0.542. The third-order valence-corrected chi connectivity index (χ3v) is 7.38. The van der Waals surface area contributed by atoms with Gasteiger partial charge in [0.05, 0.1) is 19.8 Å². The standard InChI is InChI=1S/C23H25N3O5S/c1-16-18(14-27)5-8-23-22(16)9-19(10-24)26(23)13-21-12-25(32(28,29)15-31-21)11-17-3-6-20(30-2)7-4-17/h3-9,14,21,28-29H,11-13,15H2,1-2H3. The van der Waals surface area contributed by atoms with E-state index < -0.39 is 10.8 Å². The molecule has 0 bridgehead atoms. The van der Waals surface area contributed by atoms with Crippen LogP contribution in [0.3, 0.4) is 0 Å². The number of benzene rings is 2. The second-order valence-electron chi connectivity index (χ2n) is 7.79. The number of carbonyl (C=O) groups excluding carboxylic acids is 1. The number of aryl methyl sites for hydroxylation is 1. The molecule has 8 nitrogen and oxygen atoms in total. The van der Waals surface area contributed by atoms with Gasteiger partial charge in [0.25, 0.3) is 0 Å². The molecule has 1 unspecified atom stereocenters. The summed E-state index contributed by atoms with van der Waals surface area (Å²) in [5.41, 5.74) is 3.65. The summed E-state index contributed by atoms with van der Waals surface area (Å²) in [6.07, 6.45) is 0.464. The lowest BCUT2D eigenvalue weighted by atomic mass is 10.1. The van der Waals surface area contributed by atoms with E-state index in [-0.39, 0.29) is 12.0 Å². The predicted octanol–water partition coefficient (Wildman–Crippen LogP) is 4.17. The van der Waals surface area contributed by atoms with Crippen LogP contribution in [0.2, 0.25) is 0 Å². The highest BCUT2D eigenvalue weighted by Crippen LogP contribution is 2.47. The van der Waals surface area contributed by atoms with Gasteiger partial charge in [-0.3, -0.25) is 13.9 Å². The number of nitrogens with zero attached hydrogens (tertiary/aromatic N) is 3. The number of aldehydes is 1. The third kappa shape index (κ3) is 4.24. The molecule has 2 N–H and O–H groups in total. The van der Waals surface area contributed by atoms with Crippen LogP contribution in [0.4, 0.5) is 0 Å². The van der Waals surface area contributed by atoms with Crippen molar-refractivity contribution < 1.29 is 23.4 Å². The van der Waals surface area contributed by atoms with Crippen LogP contribution in [0, 0.1) is 18.3 Å². The van der Waals surface area contributed by atoms with Crippen LogP contribution in [0.5, 0.6) is 5.75 Å². The van der Waals surface area contributed by atoms with Gasteiger partial charge in [-0.25, -0.2) is 0 Å². The Morgan fingerprint density at radius 2 is 2.03 bits per heavy atom. The van der Waals surface area contributed by atoms with Crippen molar-refractivity contribution in [2.45, 2.75) is 26.1 Å². The van der Waals surface area contributed by atoms with E-state index in [1.165, 1.54) is 0 Å². The molecule has 4 rings (SSSR count). The van der Waals surface area contributed by atoms with Gasteiger partial charge in [-0.05, 0) is 48.4 Å². The first-order valence-corrected chi connectivity index (χ1v) is 11.8. The minimum atomic E-state index is -3.06. The molecule has 9 heteroatoms. The molecule has 168 valence electrons. The molecular formula is C23H25N3O5S. The van der Waals surface area contributed by atoms with Crippen LogP contribution in [-0.4, -0.2) is 50.0 Å². The zero-order valence-corrected chi connectivity index (χ0v) is 18.7. The van der Waals surface area contributed by atoms with Gasteiger partial charge in [-0.15, -0.1) is 10.8 Å². The molecule has 2 aromatic carbocycles. The molecule has 2 heterocycles. The summed E-state index contributed by atoms with van der Waals surface area (Å²) in [6.45, 7) is 2.89. The molecule has 1 atom stereocenters. The molecule has 1 saturated heterocycles. The van der Waals surface area contributed by atoms with Crippen LogP contribution in [0.25, 0.3) is 10.9 Å². The van der Waals surface area contributed by atoms with E-state index in [1.807, 2.05) is 41.8 Å². The fourth-order valence-corrected chi connectivity index (χ4v) is 5.27. The van der Waals surface area contributed by atoms with Crippen molar-refractivity contribution in [3.63, 3.8) is 0 Å². The van der Waals surface area contributed by atoms with Gasteiger partial charge in [-0.2, -0.15) is 9.57 Å². The molecule has 32 heavy (non-hydrogen) atoms. The Morgan fingerprint density at radius 3 is 2.69 bits per heavy atom. The molecule has 0 spiro atoms. The molecule has 0 radical (unpaired) electrons. The minimum absolute atomic E-state index is 0.191. The quantitative estimate of drug-likeness (QED) is 0.537. The molecule has 1 aromatic heterocycles. The number of hydrogen-bond acceptors (Lipinski definition) is 7. The zero-order valence-electron chi connectivity index (χ0n) is 17.9. The fraction of sp³-hybridized carbons (Fsp3) is 0.304. The topological polar surface area (TPSA) is 108 Å². The molecule has 3 aromatic rings. The van der Waals surface area contributed by atoms with Gasteiger partial charge in [-0.1, -0.05) is 12.1 Å². The largest absolute Gasteiger partial charge is 0.497 e. The smallest absolute Gasteiger partial charge is 0.151 e. The average Bonchev–Trinajstić information content (AvgIpc) is 3.15. The van der Waals surface area contributed by atoms with Gasteiger partial charge in [0, 0.05) is 29.6 Å². The Morgan fingerprint density at radius 1 is 1.28 bits per heavy atom. The highest BCUT2D eigenvalue weighted by molar-refractivity contribution is 8.22. The second-order valence-corrected chi connectivity index (χ2v) is 9.81. The minimum Gasteiger partial charge on any atom is -0.497 e. The first-order chi connectivity index (χ1) is 15.4. The predicted molar refractivity (Wildman–Crippen MR) is 123 cm³/mol. The van der Waals surface area contributed by atoms with Crippen LogP contribution in [0.15, 0.2) is 42.5 Å². The number of carbonyl (C=O) groups is 1. The van der Waals surface area contributed by atoms with E-state index >= 15 is 0 Å². The highest BCUT2D eigenvalue weighted by atomic mass is 32.3.